The number of carbonyl (C=O) groups excluding carboxylic acids is 3. The Bertz CT molecular complexity index is 1450. The first-order valence-electron chi connectivity index (χ1n) is 11.7. The van der Waals surface area contributed by atoms with Crippen molar-refractivity contribution >= 4 is 35.2 Å². The summed E-state index contributed by atoms with van der Waals surface area (Å²) < 4.78 is 39.7. The van der Waals surface area contributed by atoms with Crippen LogP contribution in [0.1, 0.15) is 22.7 Å². The fraction of sp³-hybridized carbons (Fsp3) is 0.179. The SMILES string of the molecule is O=C(Nc1cccc(C(F)(F)F)c1)C1C2C(=O)N(c3ccccc3)C(=O)C2C2c3ccccc3C=CN12. The topological polar surface area (TPSA) is 69.7 Å². The number of amides is 3. The van der Waals surface area contributed by atoms with Crippen molar-refractivity contribution < 1.29 is 27.6 Å². The minimum atomic E-state index is -4.58. The molecule has 3 heterocycles. The number of halogens is 3. The highest BCUT2D eigenvalue weighted by atomic mass is 19.4. The number of rotatable bonds is 3. The first-order valence-corrected chi connectivity index (χ1v) is 11.7. The van der Waals surface area contributed by atoms with E-state index < -0.39 is 53.4 Å². The van der Waals surface area contributed by atoms with Crippen molar-refractivity contribution in [2.45, 2.75) is 18.3 Å². The average Bonchev–Trinajstić information content (AvgIpc) is 3.36. The fourth-order valence-electron chi connectivity index (χ4n) is 5.68. The average molecular weight is 503 g/mol. The molecule has 0 radical (unpaired) electrons. The number of carbonyl (C=O) groups is 3. The van der Waals surface area contributed by atoms with Gasteiger partial charge in [0.15, 0.2) is 0 Å². The lowest BCUT2D eigenvalue weighted by Crippen LogP contribution is -2.46. The Balaban J connectivity index is 1.41. The van der Waals surface area contributed by atoms with Gasteiger partial charge in [-0.25, -0.2) is 4.90 Å². The van der Waals surface area contributed by atoms with Crippen LogP contribution in [0.4, 0.5) is 24.5 Å². The molecule has 0 aliphatic carbocycles. The standard InChI is InChI=1S/C28H20F3N3O3/c29-28(30,31)17-8-6-9-18(15-17)32-25(35)24-22-21(23-20-12-5-4-7-16(20)13-14-33(23)24)26(36)34(27(22)37)19-10-2-1-3-11-19/h1-15,21-24H,(H,32,35). The van der Waals surface area contributed by atoms with Crippen LogP contribution in [0.5, 0.6) is 0 Å². The number of nitrogens with zero attached hydrogens (tertiary/aromatic N) is 2. The molecule has 2 fully saturated rings. The number of alkyl halides is 3. The van der Waals surface area contributed by atoms with E-state index in [4.69, 9.17) is 0 Å². The third-order valence-electron chi connectivity index (χ3n) is 7.20. The van der Waals surface area contributed by atoms with Gasteiger partial charge in [-0.2, -0.15) is 13.2 Å². The Kier molecular flexibility index (Phi) is 5.18. The molecule has 3 aromatic carbocycles. The number of nitrogens with one attached hydrogen (secondary N) is 1. The summed E-state index contributed by atoms with van der Waals surface area (Å²) in [6.07, 6.45) is -1.08. The minimum Gasteiger partial charge on any atom is -0.357 e. The molecule has 0 aromatic heterocycles. The lowest BCUT2D eigenvalue weighted by Gasteiger charge is -2.35. The summed E-state index contributed by atoms with van der Waals surface area (Å²) >= 11 is 0. The largest absolute Gasteiger partial charge is 0.416 e. The van der Waals surface area contributed by atoms with Crippen LogP contribution >= 0.6 is 0 Å². The molecule has 3 aromatic rings. The molecule has 9 heteroatoms. The van der Waals surface area contributed by atoms with Crippen LogP contribution in [0.2, 0.25) is 0 Å². The zero-order chi connectivity index (χ0) is 25.9. The Morgan fingerprint density at radius 1 is 0.838 bits per heavy atom. The second kappa shape index (κ2) is 8.33. The second-order valence-electron chi connectivity index (χ2n) is 9.25. The number of imide groups is 1. The first kappa shape index (κ1) is 23.0. The zero-order valence-electron chi connectivity index (χ0n) is 19.2. The summed E-state index contributed by atoms with van der Waals surface area (Å²) in [6.45, 7) is 0. The lowest BCUT2D eigenvalue weighted by molar-refractivity contribution is -0.137. The van der Waals surface area contributed by atoms with Crippen LogP contribution in [-0.4, -0.2) is 28.7 Å². The summed E-state index contributed by atoms with van der Waals surface area (Å²) in [5.74, 6) is -3.42. The zero-order valence-corrected chi connectivity index (χ0v) is 19.2. The Morgan fingerprint density at radius 3 is 2.30 bits per heavy atom. The van der Waals surface area contributed by atoms with Crippen LogP contribution in [0.25, 0.3) is 6.08 Å². The van der Waals surface area contributed by atoms with Crippen molar-refractivity contribution in [1.29, 1.82) is 0 Å². The van der Waals surface area contributed by atoms with Gasteiger partial charge in [-0.3, -0.25) is 14.4 Å². The molecule has 3 aliphatic heterocycles. The maximum atomic E-state index is 13.7. The van der Waals surface area contributed by atoms with Gasteiger partial charge < -0.3 is 10.2 Å². The molecule has 0 bridgehead atoms. The number of fused-ring (bicyclic) bond motifs is 5. The quantitative estimate of drug-likeness (QED) is 0.519. The van der Waals surface area contributed by atoms with Crippen LogP contribution in [-0.2, 0) is 20.6 Å². The van der Waals surface area contributed by atoms with E-state index in [0.717, 1.165) is 28.2 Å². The van der Waals surface area contributed by atoms with E-state index in [9.17, 15) is 27.6 Å². The van der Waals surface area contributed by atoms with Gasteiger partial charge in [-0.1, -0.05) is 48.5 Å². The highest BCUT2D eigenvalue weighted by Crippen LogP contribution is 2.53. The van der Waals surface area contributed by atoms with Gasteiger partial charge in [0, 0.05) is 11.9 Å². The predicted octanol–water partition coefficient (Wildman–Crippen LogP) is 4.86. The van der Waals surface area contributed by atoms with Crippen LogP contribution in [0, 0.1) is 11.8 Å². The van der Waals surface area contributed by atoms with Crippen LogP contribution in [0.15, 0.2) is 85.1 Å². The third kappa shape index (κ3) is 3.61. The molecule has 2 saturated heterocycles. The van der Waals surface area contributed by atoms with E-state index in [1.54, 1.807) is 47.5 Å². The van der Waals surface area contributed by atoms with Gasteiger partial charge in [-0.15, -0.1) is 0 Å². The molecule has 4 unspecified atom stereocenters. The molecule has 3 amide bonds. The molecule has 37 heavy (non-hydrogen) atoms. The van der Waals surface area contributed by atoms with E-state index in [2.05, 4.69) is 5.32 Å². The molecule has 6 nitrogen and oxygen atoms in total. The van der Waals surface area contributed by atoms with Crippen molar-refractivity contribution in [1.82, 2.24) is 4.90 Å². The maximum absolute atomic E-state index is 13.7. The van der Waals surface area contributed by atoms with Crippen molar-refractivity contribution in [2.75, 3.05) is 10.2 Å². The summed E-state index contributed by atoms with van der Waals surface area (Å²) in [5, 5.41) is 2.56. The lowest BCUT2D eigenvalue weighted by atomic mass is 9.84. The molecular weight excluding hydrogens is 483 g/mol. The third-order valence-corrected chi connectivity index (χ3v) is 7.20. The molecule has 3 aliphatic rings. The number of para-hydroxylation sites is 1. The fourth-order valence-corrected chi connectivity index (χ4v) is 5.68. The van der Waals surface area contributed by atoms with Gasteiger partial charge in [0.25, 0.3) is 0 Å². The Hall–Kier alpha value is -4.40. The summed E-state index contributed by atoms with van der Waals surface area (Å²) in [6, 6.07) is 18.6. The molecule has 0 saturated carbocycles. The number of hydrogen-bond acceptors (Lipinski definition) is 4. The minimum absolute atomic E-state index is 0.0436. The molecule has 0 spiro atoms. The van der Waals surface area contributed by atoms with Crippen molar-refractivity contribution in [3.05, 3.63) is 102 Å². The molecule has 4 atom stereocenters. The maximum Gasteiger partial charge on any atom is 0.416 e. The molecule has 6 rings (SSSR count). The van der Waals surface area contributed by atoms with E-state index in [-0.39, 0.29) is 5.69 Å². The van der Waals surface area contributed by atoms with Gasteiger partial charge in [0.1, 0.15) is 6.04 Å². The number of benzene rings is 3. The summed E-state index contributed by atoms with van der Waals surface area (Å²) in [7, 11) is 0. The number of anilines is 2. The van der Waals surface area contributed by atoms with Crippen LogP contribution in [0.3, 0.4) is 0 Å². The predicted molar refractivity (Wildman–Crippen MR) is 130 cm³/mol. The molecule has 1 N–H and O–H groups in total. The van der Waals surface area contributed by atoms with Crippen LogP contribution < -0.4 is 10.2 Å². The summed E-state index contributed by atoms with van der Waals surface area (Å²) in [4.78, 5) is 43.9. The second-order valence-corrected chi connectivity index (χ2v) is 9.25. The Labute approximate surface area is 210 Å². The smallest absolute Gasteiger partial charge is 0.357 e. The normalized spacial score (nSPS) is 24.1. The Morgan fingerprint density at radius 2 is 1.54 bits per heavy atom. The van der Waals surface area contributed by atoms with Gasteiger partial charge in [0.2, 0.25) is 17.7 Å². The van der Waals surface area contributed by atoms with E-state index >= 15 is 0 Å². The first-order chi connectivity index (χ1) is 17.8. The van der Waals surface area contributed by atoms with E-state index in [0.29, 0.717) is 5.69 Å². The number of hydrogen-bond donors (Lipinski definition) is 1. The monoisotopic (exact) mass is 503 g/mol. The van der Waals surface area contributed by atoms with Crippen molar-refractivity contribution in [3.63, 3.8) is 0 Å². The van der Waals surface area contributed by atoms with Gasteiger partial charge in [0.05, 0.1) is 29.1 Å². The summed E-state index contributed by atoms with van der Waals surface area (Å²) in [5.41, 5.74) is 1.15. The van der Waals surface area contributed by atoms with Gasteiger partial charge in [-0.05, 0) is 47.5 Å². The van der Waals surface area contributed by atoms with E-state index in [1.165, 1.54) is 12.1 Å². The van der Waals surface area contributed by atoms with Gasteiger partial charge >= 0.3 is 6.18 Å². The van der Waals surface area contributed by atoms with E-state index in [1.807, 2.05) is 24.3 Å². The molecular formula is C28H20F3N3O3. The van der Waals surface area contributed by atoms with Crippen molar-refractivity contribution in [3.8, 4) is 0 Å². The highest BCUT2D eigenvalue weighted by molar-refractivity contribution is 6.24. The van der Waals surface area contributed by atoms with Crippen molar-refractivity contribution in [2.24, 2.45) is 11.8 Å². The highest BCUT2D eigenvalue weighted by Gasteiger charge is 2.64. The molecule has 186 valence electrons.